The summed E-state index contributed by atoms with van der Waals surface area (Å²) >= 11 is 0. The molecule has 0 saturated heterocycles. The van der Waals surface area contributed by atoms with Crippen LogP contribution >= 0.6 is 0 Å². The van der Waals surface area contributed by atoms with Gasteiger partial charge in [-0.1, -0.05) is 6.92 Å². The number of hydrogen-bond donors (Lipinski definition) is 4. The minimum absolute atomic E-state index is 0.505. The van der Waals surface area contributed by atoms with Crippen molar-refractivity contribution in [3.8, 4) is 0 Å². The van der Waals surface area contributed by atoms with Crippen LogP contribution in [0.25, 0.3) is 11.2 Å². The van der Waals surface area contributed by atoms with Gasteiger partial charge in [0.1, 0.15) is 5.52 Å². The van der Waals surface area contributed by atoms with Gasteiger partial charge in [-0.15, -0.1) is 0 Å². The summed E-state index contributed by atoms with van der Waals surface area (Å²) in [7, 11) is 0. The second kappa shape index (κ2) is 5.24. The third-order valence-electron chi connectivity index (χ3n) is 3.69. The van der Waals surface area contributed by atoms with Gasteiger partial charge in [0, 0.05) is 13.1 Å². The Bertz CT molecular complexity index is 592. The van der Waals surface area contributed by atoms with E-state index in [1.54, 1.807) is 6.33 Å². The molecule has 0 unspecified atom stereocenters. The highest BCUT2D eigenvalue weighted by atomic mass is 16.3. The normalized spacial score (nSPS) is 16.9. The molecule has 2 aromatic rings. The molecule has 2 aromatic heterocycles. The molecule has 0 atom stereocenters. The molecule has 3 rings (SSSR count). The molecule has 1 aliphatic rings. The van der Waals surface area contributed by atoms with E-state index in [1.165, 1.54) is 0 Å². The molecule has 7 heteroatoms. The Balaban J connectivity index is 1.81. The van der Waals surface area contributed by atoms with Crippen molar-refractivity contribution in [3.05, 3.63) is 6.33 Å². The Hall–Kier alpha value is -1.89. The number of anilines is 2. The first-order valence-electron chi connectivity index (χ1n) is 7.11. The lowest BCUT2D eigenvalue weighted by Gasteiger charge is -2.36. The van der Waals surface area contributed by atoms with Crippen molar-refractivity contribution < 1.29 is 5.11 Å². The third-order valence-corrected chi connectivity index (χ3v) is 3.69. The van der Waals surface area contributed by atoms with Gasteiger partial charge in [0.05, 0.1) is 11.9 Å². The molecule has 7 nitrogen and oxygen atoms in total. The highest BCUT2D eigenvalue weighted by Crippen LogP contribution is 2.32. The van der Waals surface area contributed by atoms with Crippen molar-refractivity contribution in [3.63, 3.8) is 0 Å². The van der Waals surface area contributed by atoms with E-state index in [2.05, 4.69) is 37.5 Å². The molecule has 2 heterocycles. The number of aromatic amines is 1. The van der Waals surface area contributed by atoms with Gasteiger partial charge in [-0.3, -0.25) is 0 Å². The minimum Gasteiger partial charge on any atom is -0.388 e. The molecule has 108 valence electrons. The molecular weight excluding hydrogens is 256 g/mol. The molecule has 1 saturated carbocycles. The molecule has 1 fully saturated rings. The van der Waals surface area contributed by atoms with Crippen molar-refractivity contribution >= 4 is 22.9 Å². The van der Waals surface area contributed by atoms with E-state index in [-0.39, 0.29) is 0 Å². The molecule has 0 aromatic carbocycles. The third kappa shape index (κ3) is 2.53. The fourth-order valence-corrected chi connectivity index (χ4v) is 2.29. The van der Waals surface area contributed by atoms with Gasteiger partial charge < -0.3 is 20.7 Å². The summed E-state index contributed by atoms with van der Waals surface area (Å²) < 4.78 is 0. The number of nitrogens with one attached hydrogen (secondary N) is 3. The van der Waals surface area contributed by atoms with Crippen molar-refractivity contribution in [2.75, 3.05) is 23.7 Å². The molecule has 0 bridgehead atoms. The van der Waals surface area contributed by atoms with Crippen LogP contribution in [0.3, 0.4) is 0 Å². The Labute approximate surface area is 117 Å². The van der Waals surface area contributed by atoms with Gasteiger partial charge in [-0.05, 0) is 25.7 Å². The average Bonchev–Trinajstić information content (AvgIpc) is 2.88. The molecule has 0 aliphatic heterocycles. The minimum atomic E-state index is -0.589. The quantitative estimate of drug-likeness (QED) is 0.638. The van der Waals surface area contributed by atoms with Gasteiger partial charge in [-0.25, -0.2) is 4.98 Å². The van der Waals surface area contributed by atoms with Crippen molar-refractivity contribution in [1.82, 2.24) is 19.9 Å². The average molecular weight is 276 g/mol. The van der Waals surface area contributed by atoms with Crippen LogP contribution in [0, 0.1) is 0 Å². The van der Waals surface area contributed by atoms with Gasteiger partial charge in [0.2, 0.25) is 5.95 Å². The highest BCUT2D eigenvalue weighted by molar-refractivity contribution is 5.83. The Morgan fingerprint density at radius 1 is 1.35 bits per heavy atom. The first kappa shape index (κ1) is 13.1. The maximum absolute atomic E-state index is 10.2. The van der Waals surface area contributed by atoms with Gasteiger partial charge in [-0.2, -0.15) is 9.97 Å². The second-order valence-corrected chi connectivity index (χ2v) is 5.36. The van der Waals surface area contributed by atoms with Crippen LogP contribution in [0.5, 0.6) is 0 Å². The molecule has 1 aliphatic carbocycles. The number of hydrogen-bond acceptors (Lipinski definition) is 6. The zero-order valence-electron chi connectivity index (χ0n) is 11.6. The van der Waals surface area contributed by atoms with Gasteiger partial charge in [0.25, 0.3) is 0 Å². The van der Waals surface area contributed by atoms with Crippen molar-refractivity contribution in [2.24, 2.45) is 0 Å². The topological polar surface area (TPSA) is 98.8 Å². The zero-order valence-corrected chi connectivity index (χ0v) is 11.6. The summed E-state index contributed by atoms with van der Waals surface area (Å²) in [5, 5.41) is 16.5. The second-order valence-electron chi connectivity index (χ2n) is 5.36. The van der Waals surface area contributed by atoms with E-state index in [4.69, 9.17) is 0 Å². The zero-order chi connectivity index (χ0) is 14.0. The van der Waals surface area contributed by atoms with E-state index in [1.807, 2.05) is 0 Å². The SMILES string of the molecule is CCCNc1nc(NCC2(O)CCC2)c2[nH]cnc2n1. The summed E-state index contributed by atoms with van der Waals surface area (Å²) in [5.74, 6) is 1.25. The Morgan fingerprint density at radius 2 is 2.20 bits per heavy atom. The highest BCUT2D eigenvalue weighted by Gasteiger charge is 2.34. The lowest BCUT2D eigenvalue weighted by Crippen LogP contribution is -2.43. The maximum Gasteiger partial charge on any atom is 0.226 e. The lowest BCUT2D eigenvalue weighted by atomic mass is 9.80. The van der Waals surface area contributed by atoms with E-state index in [0.29, 0.717) is 24.0 Å². The van der Waals surface area contributed by atoms with Crippen LogP contribution in [-0.4, -0.2) is 43.7 Å². The maximum atomic E-state index is 10.2. The Kier molecular flexibility index (Phi) is 3.43. The summed E-state index contributed by atoms with van der Waals surface area (Å²) in [6.07, 6.45) is 5.39. The van der Waals surface area contributed by atoms with Crippen LogP contribution < -0.4 is 10.6 Å². The van der Waals surface area contributed by atoms with Crippen molar-refractivity contribution in [1.29, 1.82) is 0 Å². The molecule has 20 heavy (non-hydrogen) atoms. The first-order valence-corrected chi connectivity index (χ1v) is 7.11. The first-order chi connectivity index (χ1) is 9.70. The summed E-state index contributed by atoms with van der Waals surface area (Å²) in [6.45, 7) is 3.41. The van der Waals surface area contributed by atoms with E-state index < -0.39 is 5.60 Å². The molecule has 0 radical (unpaired) electrons. The number of fused-ring (bicyclic) bond motifs is 1. The predicted octanol–water partition coefficient (Wildman–Crippen LogP) is 1.50. The smallest absolute Gasteiger partial charge is 0.226 e. The number of H-pyrrole nitrogens is 1. The van der Waals surface area contributed by atoms with Crippen LogP contribution in [0.15, 0.2) is 6.33 Å². The van der Waals surface area contributed by atoms with Crippen LogP contribution in [0.4, 0.5) is 11.8 Å². The summed E-state index contributed by atoms with van der Waals surface area (Å²) in [5.41, 5.74) is 0.811. The predicted molar refractivity (Wildman–Crippen MR) is 77.8 cm³/mol. The number of nitrogens with zero attached hydrogens (tertiary/aromatic N) is 3. The van der Waals surface area contributed by atoms with Crippen LogP contribution in [0.1, 0.15) is 32.6 Å². The number of rotatable bonds is 6. The standard InChI is InChI=1S/C13H20N6O/c1-2-6-14-12-18-10(9-11(19-12)17-8-16-9)15-7-13(20)4-3-5-13/h8,20H,2-7H2,1H3,(H3,14,15,16,17,18,19). The molecule has 4 N–H and O–H groups in total. The molecule has 0 amide bonds. The number of aliphatic hydroxyl groups is 1. The number of aromatic nitrogens is 4. The van der Waals surface area contributed by atoms with Crippen molar-refractivity contribution in [2.45, 2.75) is 38.2 Å². The van der Waals surface area contributed by atoms with E-state index >= 15 is 0 Å². The fourth-order valence-electron chi connectivity index (χ4n) is 2.29. The van der Waals surface area contributed by atoms with E-state index in [9.17, 15) is 5.11 Å². The lowest BCUT2D eigenvalue weighted by molar-refractivity contribution is -0.0202. The van der Waals surface area contributed by atoms with E-state index in [0.717, 1.165) is 37.7 Å². The molecular formula is C13H20N6O. The number of imidazole rings is 1. The summed E-state index contributed by atoms with van der Waals surface area (Å²) in [4.78, 5) is 16.0. The van der Waals surface area contributed by atoms with Crippen LogP contribution in [-0.2, 0) is 0 Å². The molecule has 0 spiro atoms. The van der Waals surface area contributed by atoms with Crippen LogP contribution in [0.2, 0.25) is 0 Å². The Morgan fingerprint density at radius 3 is 2.90 bits per heavy atom. The monoisotopic (exact) mass is 276 g/mol. The van der Waals surface area contributed by atoms with Gasteiger partial charge in [0.15, 0.2) is 11.5 Å². The largest absolute Gasteiger partial charge is 0.388 e. The fraction of sp³-hybridized carbons (Fsp3) is 0.615. The van der Waals surface area contributed by atoms with Gasteiger partial charge >= 0.3 is 0 Å². The summed E-state index contributed by atoms with van der Waals surface area (Å²) in [6, 6.07) is 0.